The minimum atomic E-state index is -0.779. The van der Waals surface area contributed by atoms with Crippen molar-refractivity contribution in [2.45, 2.75) is 19.3 Å². The van der Waals surface area contributed by atoms with Gasteiger partial charge in [-0.1, -0.05) is 0 Å². The normalized spacial score (nSPS) is 17.1. The van der Waals surface area contributed by atoms with Gasteiger partial charge >= 0.3 is 6.03 Å². The number of Topliss-reactive ketones (excluding diaryl/α,β-unsaturated/α-hetero) is 2. The molecule has 0 aliphatic heterocycles. The van der Waals surface area contributed by atoms with Crippen LogP contribution in [0.25, 0.3) is 0 Å². The molecule has 1 fully saturated rings. The quantitative estimate of drug-likeness (QED) is 0.437. The van der Waals surface area contributed by atoms with Gasteiger partial charge in [-0.2, -0.15) is 0 Å². The van der Waals surface area contributed by atoms with E-state index in [1.807, 2.05) is 0 Å². The predicted molar refractivity (Wildman–Crippen MR) is 44.7 cm³/mol. The van der Waals surface area contributed by atoms with E-state index in [2.05, 4.69) is 5.32 Å². The molecule has 1 aliphatic carbocycles. The van der Waals surface area contributed by atoms with Crippen LogP contribution in [0.2, 0.25) is 0 Å². The third-order valence-corrected chi connectivity index (χ3v) is 1.77. The Morgan fingerprint density at radius 2 is 1.85 bits per heavy atom. The molecule has 2 amide bonds. The van der Waals surface area contributed by atoms with Crippen molar-refractivity contribution in [3.63, 3.8) is 0 Å². The standard InChI is InChI=1S/C8H10N2O3/c9-8(13)10-4-5-6(11)2-1-3-7(5)12/h4H,1-3H2,(H3,9,10,13). The van der Waals surface area contributed by atoms with Crippen molar-refractivity contribution < 1.29 is 14.4 Å². The molecule has 70 valence electrons. The number of hydrogen-bond acceptors (Lipinski definition) is 3. The number of primary amides is 1. The number of amides is 2. The molecule has 0 saturated heterocycles. The number of ketones is 2. The monoisotopic (exact) mass is 182 g/mol. The average molecular weight is 182 g/mol. The summed E-state index contributed by atoms with van der Waals surface area (Å²) in [6.07, 6.45) is 2.40. The second-order valence-electron chi connectivity index (χ2n) is 2.77. The maximum Gasteiger partial charge on any atom is 0.316 e. The fourth-order valence-electron chi connectivity index (χ4n) is 1.14. The highest BCUT2D eigenvalue weighted by molar-refractivity contribution is 6.21. The Bertz CT molecular complexity index is 276. The number of urea groups is 1. The summed E-state index contributed by atoms with van der Waals surface area (Å²) in [7, 11) is 0. The minimum absolute atomic E-state index is 0.0463. The summed E-state index contributed by atoms with van der Waals surface area (Å²) in [4.78, 5) is 32.6. The first-order chi connectivity index (χ1) is 6.11. The first kappa shape index (κ1) is 9.44. The summed E-state index contributed by atoms with van der Waals surface area (Å²) in [5, 5.41) is 2.11. The first-order valence-electron chi connectivity index (χ1n) is 3.94. The summed E-state index contributed by atoms with van der Waals surface area (Å²) >= 11 is 0. The van der Waals surface area contributed by atoms with Gasteiger partial charge < -0.3 is 11.1 Å². The summed E-state index contributed by atoms with van der Waals surface area (Å²) < 4.78 is 0. The van der Waals surface area contributed by atoms with Crippen molar-refractivity contribution in [3.05, 3.63) is 11.8 Å². The number of nitrogens with two attached hydrogens (primary N) is 1. The van der Waals surface area contributed by atoms with Crippen molar-refractivity contribution in [2.24, 2.45) is 5.73 Å². The van der Waals surface area contributed by atoms with Crippen LogP contribution in [0.4, 0.5) is 4.79 Å². The van der Waals surface area contributed by atoms with Gasteiger partial charge in [-0.3, -0.25) is 9.59 Å². The van der Waals surface area contributed by atoms with Crippen LogP contribution in [-0.4, -0.2) is 17.6 Å². The van der Waals surface area contributed by atoms with Crippen molar-refractivity contribution in [1.29, 1.82) is 0 Å². The summed E-state index contributed by atoms with van der Waals surface area (Å²) in [5.41, 5.74) is 4.83. The molecule has 1 rings (SSSR count). The van der Waals surface area contributed by atoms with E-state index in [0.29, 0.717) is 19.3 Å². The lowest BCUT2D eigenvalue weighted by atomic mass is 9.93. The van der Waals surface area contributed by atoms with Gasteiger partial charge in [-0.15, -0.1) is 0 Å². The average Bonchev–Trinajstić information content (AvgIpc) is 2.03. The molecule has 13 heavy (non-hydrogen) atoms. The van der Waals surface area contributed by atoms with Crippen molar-refractivity contribution in [1.82, 2.24) is 5.32 Å². The highest BCUT2D eigenvalue weighted by atomic mass is 16.2. The van der Waals surface area contributed by atoms with E-state index in [-0.39, 0.29) is 17.1 Å². The molecule has 0 unspecified atom stereocenters. The fraction of sp³-hybridized carbons (Fsp3) is 0.375. The van der Waals surface area contributed by atoms with Gasteiger partial charge in [0.25, 0.3) is 0 Å². The molecule has 0 aromatic rings. The molecule has 1 saturated carbocycles. The molecule has 0 bridgehead atoms. The highest BCUT2D eigenvalue weighted by Gasteiger charge is 2.22. The molecule has 0 heterocycles. The number of carbonyl (C=O) groups is 3. The number of allylic oxidation sites excluding steroid dienone is 1. The summed E-state index contributed by atoms with van der Waals surface area (Å²) in [6.45, 7) is 0. The third-order valence-electron chi connectivity index (χ3n) is 1.77. The van der Waals surface area contributed by atoms with Crippen molar-refractivity contribution in [3.8, 4) is 0 Å². The number of rotatable bonds is 1. The maximum atomic E-state index is 11.1. The Kier molecular flexibility index (Phi) is 2.79. The van der Waals surface area contributed by atoms with E-state index in [1.165, 1.54) is 0 Å². The molecule has 5 heteroatoms. The fourth-order valence-corrected chi connectivity index (χ4v) is 1.14. The van der Waals surface area contributed by atoms with Crippen LogP contribution >= 0.6 is 0 Å². The van der Waals surface area contributed by atoms with Crippen LogP contribution in [0.5, 0.6) is 0 Å². The second kappa shape index (κ2) is 3.84. The zero-order valence-electron chi connectivity index (χ0n) is 7.00. The molecule has 0 aromatic heterocycles. The Morgan fingerprint density at radius 3 is 2.31 bits per heavy atom. The van der Waals surface area contributed by atoms with E-state index in [0.717, 1.165) is 6.20 Å². The highest BCUT2D eigenvalue weighted by Crippen LogP contribution is 2.15. The molecule has 0 spiro atoms. The first-order valence-corrected chi connectivity index (χ1v) is 3.94. The molecule has 0 atom stereocenters. The van der Waals surface area contributed by atoms with Crippen molar-refractivity contribution in [2.75, 3.05) is 0 Å². The van der Waals surface area contributed by atoms with E-state index in [9.17, 15) is 14.4 Å². The lowest BCUT2D eigenvalue weighted by Crippen LogP contribution is -2.28. The van der Waals surface area contributed by atoms with Gasteiger partial charge in [0.2, 0.25) is 0 Å². The summed E-state index contributed by atoms with van der Waals surface area (Å²) in [6, 6.07) is -0.779. The molecule has 3 N–H and O–H groups in total. The van der Waals surface area contributed by atoms with E-state index in [1.54, 1.807) is 0 Å². The third kappa shape index (κ3) is 2.40. The smallest absolute Gasteiger partial charge is 0.316 e. The SMILES string of the molecule is NC(=O)NC=C1C(=O)CCCC1=O. The van der Waals surface area contributed by atoms with E-state index >= 15 is 0 Å². The number of carbonyl (C=O) groups excluding carboxylic acids is 3. The Balaban J connectivity index is 2.74. The van der Waals surface area contributed by atoms with E-state index < -0.39 is 6.03 Å². The van der Waals surface area contributed by atoms with Crippen LogP contribution in [0.3, 0.4) is 0 Å². The molecule has 0 aromatic carbocycles. The molecule has 1 aliphatic rings. The Hall–Kier alpha value is -1.65. The maximum absolute atomic E-state index is 11.1. The molecule has 0 radical (unpaired) electrons. The van der Waals surface area contributed by atoms with Crippen LogP contribution in [0, 0.1) is 0 Å². The van der Waals surface area contributed by atoms with Gasteiger partial charge in [0.05, 0.1) is 5.57 Å². The van der Waals surface area contributed by atoms with Crippen LogP contribution in [0.15, 0.2) is 11.8 Å². The van der Waals surface area contributed by atoms with Gasteiger partial charge in [0.1, 0.15) is 0 Å². The Labute approximate surface area is 75.0 Å². The van der Waals surface area contributed by atoms with Gasteiger partial charge in [-0.05, 0) is 6.42 Å². The predicted octanol–water partition coefficient (Wildman–Crippen LogP) is -0.139. The molecule has 5 nitrogen and oxygen atoms in total. The Morgan fingerprint density at radius 1 is 1.31 bits per heavy atom. The topological polar surface area (TPSA) is 89.3 Å². The second-order valence-corrected chi connectivity index (χ2v) is 2.77. The van der Waals surface area contributed by atoms with Gasteiger partial charge in [0, 0.05) is 19.0 Å². The lowest BCUT2D eigenvalue weighted by molar-refractivity contribution is -0.123. The molecular formula is C8H10N2O3. The number of hydrogen-bond donors (Lipinski definition) is 2. The minimum Gasteiger partial charge on any atom is -0.351 e. The zero-order chi connectivity index (χ0) is 9.84. The van der Waals surface area contributed by atoms with Gasteiger partial charge in [0.15, 0.2) is 11.6 Å². The van der Waals surface area contributed by atoms with Crippen molar-refractivity contribution >= 4 is 17.6 Å². The van der Waals surface area contributed by atoms with Crippen LogP contribution in [0.1, 0.15) is 19.3 Å². The zero-order valence-corrected chi connectivity index (χ0v) is 7.00. The number of nitrogens with one attached hydrogen (secondary N) is 1. The largest absolute Gasteiger partial charge is 0.351 e. The van der Waals surface area contributed by atoms with E-state index in [4.69, 9.17) is 5.73 Å². The van der Waals surface area contributed by atoms with Gasteiger partial charge in [-0.25, -0.2) is 4.79 Å². The van der Waals surface area contributed by atoms with Crippen LogP contribution < -0.4 is 11.1 Å². The van der Waals surface area contributed by atoms with Crippen LogP contribution in [-0.2, 0) is 9.59 Å². The summed E-state index contributed by atoms with van der Waals surface area (Å²) in [5.74, 6) is -0.463. The molecular weight excluding hydrogens is 172 g/mol. The lowest BCUT2D eigenvalue weighted by Gasteiger charge is -2.10.